The number of carbonyl (C=O) groups excluding carboxylic acids is 1. The maximum absolute atomic E-state index is 12.6. The van der Waals surface area contributed by atoms with Crippen molar-refractivity contribution in [3.63, 3.8) is 0 Å². The van der Waals surface area contributed by atoms with Gasteiger partial charge < -0.3 is 10.1 Å². The molecule has 4 rings (SSSR count). The van der Waals surface area contributed by atoms with E-state index in [2.05, 4.69) is 16.4 Å². The van der Waals surface area contributed by atoms with Crippen LogP contribution in [0.3, 0.4) is 0 Å². The first-order valence-corrected chi connectivity index (χ1v) is 11.3. The third kappa shape index (κ3) is 6.27. The third-order valence-electron chi connectivity index (χ3n) is 5.15. The lowest BCUT2D eigenvalue weighted by atomic mass is 10.1. The first kappa shape index (κ1) is 23.1. The van der Waals surface area contributed by atoms with Gasteiger partial charge in [0.25, 0.3) is 0 Å². The monoisotopic (exact) mass is 452 g/mol. The molecule has 0 saturated carbocycles. The van der Waals surface area contributed by atoms with Crippen LogP contribution in [0.15, 0.2) is 91.4 Å². The Morgan fingerprint density at radius 2 is 1.88 bits per heavy atom. The number of hydrogen-bond acceptors (Lipinski definition) is 4. The molecule has 0 aliphatic heterocycles. The molecule has 0 fully saturated rings. The van der Waals surface area contributed by atoms with Crippen LogP contribution in [0.5, 0.6) is 0 Å². The molecule has 0 radical (unpaired) electrons. The molecule has 172 valence electrons. The molecule has 1 N–H and O–H groups in total. The van der Waals surface area contributed by atoms with Crippen molar-refractivity contribution in [2.24, 2.45) is 0 Å². The van der Waals surface area contributed by atoms with Crippen molar-refractivity contribution in [3.05, 3.63) is 108 Å². The number of amides is 1. The summed E-state index contributed by atoms with van der Waals surface area (Å²) in [6.45, 7) is 5.03. The number of pyridine rings is 1. The van der Waals surface area contributed by atoms with Crippen LogP contribution < -0.4 is 5.32 Å². The highest BCUT2D eigenvalue weighted by atomic mass is 16.5. The summed E-state index contributed by atoms with van der Waals surface area (Å²) in [5.41, 5.74) is 5.54. The van der Waals surface area contributed by atoms with Crippen molar-refractivity contribution in [2.75, 3.05) is 0 Å². The summed E-state index contributed by atoms with van der Waals surface area (Å²) in [7, 11) is 0. The Kier molecular flexibility index (Phi) is 7.63. The van der Waals surface area contributed by atoms with Gasteiger partial charge in [-0.3, -0.25) is 9.78 Å². The van der Waals surface area contributed by atoms with Crippen molar-refractivity contribution >= 4 is 12.0 Å². The zero-order valence-corrected chi connectivity index (χ0v) is 19.4. The minimum atomic E-state index is -0.173. The van der Waals surface area contributed by atoms with E-state index in [0.717, 1.165) is 33.6 Å². The second kappa shape index (κ2) is 11.2. The highest BCUT2D eigenvalue weighted by molar-refractivity contribution is 5.92. The number of carbonyl (C=O) groups is 1. The molecule has 0 saturated heterocycles. The number of benzene rings is 2. The van der Waals surface area contributed by atoms with Crippen LogP contribution in [0.4, 0.5) is 0 Å². The van der Waals surface area contributed by atoms with Gasteiger partial charge in [-0.05, 0) is 55.3 Å². The van der Waals surface area contributed by atoms with E-state index in [1.54, 1.807) is 18.5 Å². The smallest absolute Gasteiger partial charge is 0.244 e. The zero-order chi connectivity index (χ0) is 23.8. The summed E-state index contributed by atoms with van der Waals surface area (Å²) >= 11 is 0. The maximum atomic E-state index is 12.6. The lowest BCUT2D eigenvalue weighted by Crippen LogP contribution is -2.20. The van der Waals surface area contributed by atoms with Gasteiger partial charge in [0.15, 0.2) is 0 Å². The lowest BCUT2D eigenvalue weighted by Gasteiger charge is -2.09. The van der Waals surface area contributed by atoms with Gasteiger partial charge >= 0.3 is 0 Å². The molecule has 4 aromatic rings. The summed E-state index contributed by atoms with van der Waals surface area (Å²) in [5, 5.41) is 7.70. The Bertz CT molecular complexity index is 1250. The predicted molar refractivity (Wildman–Crippen MR) is 134 cm³/mol. The predicted octanol–water partition coefficient (Wildman–Crippen LogP) is 5.19. The molecule has 0 spiro atoms. The Hall–Kier alpha value is -4.03. The molecule has 1 amide bonds. The fourth-order valence-corrected chi connectivity index (χ4v) is 3.46. The molecule has 0 unspecified atom stereocenters. The van der Waals surface area contributed by atoms with E-state index in [0.29, 0.717) is 13.2 Å². The molecule has 2 heterocycles. The first-order valence-electron chi connectivity index (χ1n) is 11.3. The summed E-state index contributed by atoms with van der Waals surface area (Å²) in [6, 6.07) is 21.8. The van der Waals surface area contributed by atoms with Gasteiger partial charge in [0.05, 0.1) is 18.4 Å². The number of aromatic nitrogens is 3. The van der Waals surface area contributed by atoms with Crippen LogP contribution in [0, 0.1) is 0 Å². The van der Waals surface area contributed by atoms with Crippen LogP contribution in [0.1, 0.15) is 30.5 Å². The van der Waals surface area contributed by atoms with Crippen molar-refractivity contribution in [1.82, 2.24) is 20.1 Å². The van der Waals surface area contributed by atoms with Gasteiger partial charge in [-0.15, -0.1) is 0 Å². The van der Waals surface area contributed by atoms with Crippen LogP contribution in [0.25, 0.3) is 23.0 Å². The molecule has 34 heavy (non-hydrogen) atoms. The maximum Gasteiger partial charge on any atom is 0.244 e. The van der Waals surface area contributed by atoms with Crippen molar-refractivity contribution < 1.29 is 9.53 Å². The quantitative estimate of drug-likeness (QED) is 0.355. The Balaban J connectivity index is 1.47. The average molecular weight is 453 g/mol. The summed E-state index contributed by atoms with van der Waals surface area (Å²) in [5.74, 6) is -0.173. The topological polar surface area (TPSA) is 69.0 Å². The highest BCUT2D eigenvalue weighted by Crippen LogP contribution is 2.24. The fourth-order valence-electron chi connectivity index (χ4n) is 3.46. The number of ether oxygens (including phenoxy) is 1. The minimum absolute atomic E-state index is 0.173. The third-order valence-corrected chi connectivity index (χ3v) is 5.15. The highest BCUT2D eigenvalue weighted by Gasteiger charge is 2.11. The molecule has 6 nitrogen and oxygen atoms in total. The van der Waals surface area contributed by atoms with E-state index in [9.17, 15) is 4.79 Å². The summed E-state index contributed by atoms with van der Waals surface area (Å²) < 4.78 is 7.48. The fraction of sp³-hybridized carbons (Fsp3) is 0.179. The Labute approximate surface area is 199 Å². The molecule has 2 aromatic carbocycles. The van der Waals surface area contributed by atoms with E-state index in [4.69, 9.17) is 9.84 Å². The second-order valence-electron chi connectivity index (χ2n) is 8.19. The minimum Gasteiger partial charge on any atom is -0.374 e. The second-order valence-corrected chi connectivity index (χ2v) is 8.19. The van der Waals surface area contributed by atoms with Gasteiger partial charge in [0.2, 0.25) is 5.91 Å². The van der Waals surface area contributed by atoms with E-state index >= 15 is 0 Å². The normalized spacial score (nSPS) is 11.3. The summed E-state index contributed by atoms with van der Waals surface area (Å²) in [4.78, 5) is 16.8. The van der Waals surface area contributed by atoms with Gasteiger partial charge in [-0.2, -0.15) is 5.10 Å². The van der Waals surface area contributed by atoms with Gasteiger partial charge in [0.1, 0.15) is 5.69 Å². The molecule has 2 aromatic heterocycles. The van der Waals surface area contributed by atoms with Crippen molar-refractivity contribution in [2.45, 2.75) is 33.1 Å². The van der Waals surface area contributed by atoms with Crippen LogP contribution in [-0.4, -0.2) is 26.8 Å². The Morgan fingerprint density at radius 1 is 1.06 bits per heavy atom. The number of hydrogen-bond donors (Lipinski definition) is 1. The van der Waals surface area contributed by atoms with E-state index in [1.807, 2.05) is 85.4 Å². The van der Waals surface area contributed by atoms with Gasteiger partial charge in [-0.1, -0.05) is 42.5 Å². The van der Waals surface area contributed by atoms with E-state index in [1.165, 1.54) is 6.08 Å². The molecule has 0 aliphatic carbocycles. The van der Waals surface area contributed by atoms with Crippen LogP contribution in [-0.2, 0) is 22.7 Å². The molecule has 0 bridgehead atoms. The molecule has 6 heteroatoms. The van der Waals surface area contributed by atoms with Gasteiger partial charge in [0, 0.05) is 42.3 Å². The van der Waals surface area contributed by atoms with Crippen LogP contribution in [0.2, 0.25) is 0 Å². The number of nitrogens with zero attached hydrogens (tertiary/aromatic N) is 3. The molecule has 0 aliphatic rings. The van der Waals surface area contributed by atoms with Crippen molar-refractivity contribution in [3.8, 4) is 16.9 Å². The lowest BCUT2D eigenvalue weighted by molar-refractivity contribution is -0.116. The average Bonchev–Trinajstić information content (AvgIpc) is 3.31. The SMILES string of the molecule is CC(C)OCc1cccc(CNC(=O)/C=C/c2cn(-c3ccccc3)nc2-c2cccnc2)c1. The van der Waals surface area contributed by atoms with Gasteiger partial charge in [-0.25, -0.2) is 4.68 Å². The zero-order valence-electron chi connectivity index (χ0n) is 19.4. The van der Waals surface area contributed by atoms with E-state index < -0.39 is 0 Å². The largest absolute Gasteiger partial charge is 0.374 e. The molecular weight excluding hydrogens is 424 g/mol. The number of rotatable bonds is 9. The number of nitrogens with one attached hydrogen (secondary N) is 1. The molecular formula is C28H28N4O2. The first-order chi connectivity index (χ1) is 16.6. The van der Waals surface area contributed by atoms with E-state index in [-0.39, 0.29) is 12.0 Å². The van der Waals surface area contributed by atoms with Crippen molar-refractivity contribution in [1.29, 1.82) is 0 Å². The summed E-state index contributed by atoms with van der Waals surface area (Å²) in [6.07, 6.45) is 8.92. The Morgan fingerprint density at radius 3 is 2.65 bits per heavy atom. The number of para-hydroxylation sites is 1. The van der Waals surface area contributed by atoms with Crippen LogP contribution >= 0.6 is 0 Å². The standard InChI is InChI=1S/C28H28N4O2/c1-21(2)34-20-23-9-6-8-22(16-23)17-30-27(33)14-13-25-19-32(26-11-4-3-5-12-26)31-28(25)24-10-7-15-29-18-24/h3-16,18-19,21H,17,20H2,1-2H3,(H,30,33)/b14-13+. The molecule has 0 atom stereocenters.